The second-order valence-electron chi connectivity index (χ2n) is 5.61. The van der Waals surface area contributed by atoms with Crippen molar-refractivity contribution in [3.63, 3.8) is 0 Å². The van der Waals surface area contributed by atoms with Gasteiger partial charge in [-0.25, -0.2) is 4.79 Å². The maximum Gasteiger partial charge on any atom is 0.329 e. The molecule has 0 atom stereocenters. The van der Waals surface area contributed by atoms with Crippen LogP contribution in [-0.4, -0.2) is 32.7 Å². The van der Waals surface area contributed by atoms with Crippen molar-refractivity contribution in [3.8, 4) is 0 Å². The smallest absolute Gasteiger partial charge is 0.329 e. The van der Waals surface area contributed by atoms with Gasteiger partial charge in [-0.1, -0.05) is 5.16 Å². The van der Waals surface area contributed by atoms with Gasteiger partial charge in [-0.2, -0.15) is 4.98 Å². The summed E-state index contributed by atoms with van der Waals surface area (Å²) in [6, 6.07) is 0. The lowest BCUT2D eigenvalue weighted by atomic mass is 10.2. The van der Waals surface area contributed by atoms with Crippen LogP contribution in [0.15, 0.2) is 4.52 Å². The Bertz CT molecular complexity index is 531. The van der Waals surface area contributed by atoms with E-state index in [0.717, 1.165) is 18.7 Å². The second-order valence-corrected chi connectivity index (χ2v) is 5.61. The minimum absolute atomic E-state index is 0.230. The zero-order valence-electron chi connectivity index (χ0n) is 11.1. The zero-order chi connectivity index (χ0) is 14.2. The second kappa shape index (κ2) is 4.88. The van der Waals surface area contributed by atoms with Crippen LogP contribution in [0.5, 0.6) is 0 Å². The third kappa shape index (κ3) is 2.81. The lowest BCUT2D eigenvalue weighted by molar-refractivity contribution is -0.143. The van der Waals surface area contributed by atoms with E-state index in [0.29, 0.717) is 37.5 Å². The first kappa shape index (κ1) is 13.1. The Morgan fingerprint density at radius 1 is 1.40 bits per heavy atom. The van der Waals surface area contributed by atoms with Gasteiger partial charge in [0.2, 0.25) is 11.8 Å². The first-order valence-electron chi connectivity index (χ1n) is 6.96. The predicted octanol–water partition coefficient (Wildman–Crippen LogP) is 1.00. The van der Waals surface area contributed by atoms with Crippen molar-refractivity contribution < 1.29 is 19.2 Å². The van der Waals surface area contributed by atoms with Gasteiger partial charge in [0.05, 0.1) is 0 Å². The summed E-state index contributed by atoms with van der Waals surface area (Å²) in [5.74, 6) is 0.607. The summed E-state index contributed by atoms with van der Waals surface area (Å²) in [4.78, 5) is 26.9. The number of aromatic nitrogens is 2. The number of carboxylic acid groups (broad SMARTS) is 1. The Morgan fingerprint density at radius 2 is 2.15 bits per heavy atom. The Hall–Kier alpha value is -1.92. The fourth-order valence-corrected chi connectivity index (χ4v) is 2.12. The van der Waals surface area contributed by atoms with Gasteiger partial charge in [0.15, 0.2) is 5.82 Å². The number of carbonyl (C=O) groups is 2. The molecule has 20 heavy (non-hydrogen) atoms. The average Bonchev–Trinajstić information content (AvgIpc) is 3.31. The molecule has 7 heteroatoms. The van der Waals surface area contributed by atoms with Crippen LogP contribution >= 0.6 is 0 Å². The van der Waals surface area contributed by atoms with Crippen LogP contribution in [0.25, 0.3) is 0 Å². The molecule has 0 bridgehead atoms. The van der Waals surface area contributed by atoms with Crippen molar-refractivity contribution in [2.45, 2.75) is 56.4 Å². The number of nitrogens with one attached hydrogen (secondary N) is 1. The number of nitrogens with zero attached hydrogens (tertiary/aromatic N) is 2. The molecule has 0 spiro atoms. The van der Waals surface area contributed by atoms with Gasteiger partial charge in [0.25, 0.3) is 0 Å². The number of hydrogen-bond donors (Lipinski definition) is 2. The Balaban J connectivity index is 1.40. The number of carbonyl (C=O) groups excluding carboxylic acids is 1. The summed E-state index contributed by atoms with van der Waals surface area (Å²) in [7, 11) is 0. The number of carboxylic acids is 1. The predicted molar refractivity (Wildman–Crippen MR) is 67.0 cm³/mol. The monoisotopic (exact) mass is 279 g/mol. The Labute approximate surface area is 115 Å². The summed E-state index contributed by atoms with van der Waals surface area (Å²) in [6.45, 7) is 0. The molecule has 1 heterocycles. The number of rotatable bonds is 7. The largest absolute Gasteiger partial charge is 0.480 e. The molecule has 3 rings (SSSR count). The molecule has 0 unspecified atom stereocenters. The van der Waals surface area contributed by atoms with Crippen LogP contribution in [0, 0.1) is 0 Å². The van der Waals surface area contributed by atoms with Gasteiger partial charge in [-0.05, 0) is 32.1 Å². The maximum absolute atomic E-state index is 11.7. The summed E-state index contributed by atoms with van der Waals surface area (Å²) in [6.07, 6.45) is 4.68. The molecule has 1 aromatic heterocycles. The standard InChI is InChI=1S/C13H17N3O4/c17-9(15-13(6-7-13)12(18)19)2-1-3-10-14-11(16-20-10)8-4-5-8/h8H,1-7H2,(H,15,17)(H,18,19). The first-order chi connectivity index (χ1) is 9.59. The molecule has 0 aromatic carbocycles. The average molecular weight is 279 g/mol. The van der Waals surface area contributed by atoms with Crippen LogP contribution in [0.4, 0.5) is 0 Å². The van der Waals surface area contributed by atoms with Crippen molar-refractivity contribution in [1.29, 1.82) is 0 Å². The van der Waals surface area contributed by atoms with E-state index in [4.69, 9.17) is 9.63 Å². The third-order valence-electron chi connectivity index (χ3n) is 3.76. The molecule has 2 aliphatic rings. The highest BCUT2D eigenvalue weighted by Gasteiger charge is 2.51. The van der Waals surface area contributed by atoms with Crippen molar-refractivity contribution in [1.82, 2.24) is 15.5 Å². The normalized spacial score (nSPS) is 19.6. The van der Waals surface area contributed by atoms with Gasteiger partial charge >= 0.3 is 5.97 Å². The molecule has 2 saturated carbocycles. The summed E-state index contributed by atoms with van der Waals surface area (Å²) >= 11 is 0. The molecular weight excluding hydrogens is 262 g/mol. The van der Waals surface area contributed by atoms with Gasteiger partial charge in [0, 0.05) is 18.8 Å². The topological polar surface area (TPSA) is 105 Å². The molecule has 2 aliphatic carbocycles. The highest BCUT2D eigenvalue weighted by molar-refractivity contribution is 5.89. The van der Waals surface area contributed by atoms with E-state index in [-0.39, 0.29) is 12.3 Å². The van der Waals surface area contributed by atoms with Gasteiger partial charge in [-0.15, -0.1) is 0 Å². The minimum atomic E-state index is -0.999. The molecule has 1 amide bonds. The summed E-state index contributed by atoms with van der Waals surface area (Å²) < 4.78 is 5.11. The van der Waals surface area contributed by atoms with Gasteiger partial charge in [0.1, 0.15) is 5.54 Å². The molecule has 2 fully saturated rings. The van der Waals surface area contributed by atoms with Gasteiger partial charge < -0.3 is 14.9 Å². The number of hydrogen-bond acceptors (Lipinski definition) is 5. The van der Waals surface area contributed by atoms with Gasteiger partial charge in [-0.3, -0.25) is 4.79 Å². The fourth-order valence-electron chi connectivity index (χ4n) is 2.12. The van der Waals surface area contributed by atoms with E-state index in [9.17, 15) is 9.59 Å². The van der Waals surface area contributed by atoms with E-state index < -0.39 is 11.5 Å². The first-order valence-corrected chi connectivity index (χ1v) is 6.96. The van der Waals surface area contributed by atoms with E-state index in [2.05, 4.69) is 15.5 Å². The molecular formula is C13H17N3O4. The van der Waals surface area contributed by atoms with Crippen LogP contribution in [0.3, 0.4) is 0 Å². The van der Waals surface area contributed by atoms with Crippen molar-refractivity contribution in [2.24, 2.45) is 0 Å². The Kier molecular flexibility index (Phi) is 3.19. The van der Waals surface area contributed by atoms with Crippen LogP contribution in [0.1, 0.15) is 56.2 Å². The van der Waals surface area contributed by atoms with Crippen molar-refractivity contribution in [2.75, 3.05) is 0 Å². The number of aliphatic carboxylic acids is 1. The highest BCUT2D eigenvalue weighted by atomic mass is 16.5. The Morgan fingerprint density at radius 3 is 2.75 bits per heavy atom. The van der Waals surface area contributed by atoms with Crippen LogP contribution in [0.2, 0.25) is 0 Å². The van der Waals surface area contributed by atoms with E-state index >= 15 is 0 Å². The minimum Gasteiger partial charge on any atom is -0.480 e. The third-order valence-corrected chi connectivity index (χ3v) is 3.76. The molecule has 1 aromatic rings. The van der Waals surface area contributed by atoms with E-state index in [1.54, 1.807) is 0 Å². The quantitative estimate of drug-likeness (QED) is 0.771. The lowest BCUT2D eigenvalue weighted by Crippen LogP contribution is -2.42. The number of amides is 1. The van der Waals surface area contributed by atoms with Crippen LogP contribution < -0.4 is 5.32 Å². The summed E-state index contributed by atoms with van der Waals surface area (Å²) in [5, 5.41) is 15.5. The van der Waals surface area contributed by atoms with Crippen LogP contribution in [-0.2, 0) is 16.0 Å². The fraction of sp³-hybridized carbons (Fsp3) is 0.692. The molecule has 2 N–H and O–H groups in total. The van der Waals surface area contributed by atoms with Crippen molar-refractivity contribution in [3.05, 3.63) is 11.7 Å². The zero-order valence-corrected chi connectivity index (χ0v) is 11.1. The number of aryl methyl sites for hydroxylation is 1. The molecule has 108 valence electrons. The molecule has 7 nitrogen and oxygen atoms in total. The molecule has 0 radical (unpaired) electrons. The lowest BCUT2D eigenvalue weighted by Gasteiger charge is -2.11. The highest BCUT2D eigenvalue weighted by Crippen LogP contribution is 2.38. The SMILES string of the molecule is O=C(CCCc1nc(C2CC2)no1)NC1(C(=O)O)CC1. The summed E-state index contributed by atoms with van der Waals surface area (Å²) in [5.41, 5.74) is -0.999. The van der Waals surface area contributed by atoms with Crippen molar-refractivity contribution >= 4 is 11.9 Å². The molecule has 0 aliphatic heterocycles. The molecule has 0 saturated heterocycles. The van der Waals surface area contributed by atoms with E-state index in [1.165, 1.54) is 0 Å². The van der Waals surface area contributed by atoms with E-state index in [1.807, 2.05) is 0 Å². The maximum atomic E-state index is 11.7.